The molecular weight excluding hydrogens is 372 g/mol. The van der Waals surface area contributed by atoms with Crippen LogP contribution < -0.4 is 4.74 Å². The Morgan fingerprint density at radius 2 is 1.89 bits per heavy atom. The molecule has 1 aliphatic heterocycles. The highest BCUT2D eigenvalue weighted by atomic mass is 32.1. The van der Waals surface area contributed by atoms with Gasteiger partial charge in [-0.05, 0) is 36.8 Å². The molecule has 0 bridgehead atoms. The zero-order valence-corrected chi connectivity index (χ0v) is 17.4. The highest BCUT2D eigenvalue weighted by Gasteiger charge is 2.16. The second-order valence-electron chi connectivity index (χ2n) is 7.36. The summed E-state index contributed by atoms with van der Waals surface area (Å²) in [7, 11) is 1.65. The first kappa shape index (κ1) is 19.5. The van der Waals surface area contributed by atoms with E-state index in [-0.39, 0.29) is 0 Å². The third-order valence-corrected chi connectivity index (χ3v) is 6.66. The van der Waals surface area contributed by atoms with Gasteiger partial charge in [-0.2, -0.15) is 0 Å². The van der Waals surface area contributed by atoms with Crippen LogP contribution in [0.15, 0.2) is 36.4 Å². The number of aliphatic hydroxyl groups is 1. The number of benzene rings is 1. The average Bonchev–Trinajstić information content (AvgIpc) is 3.23. The molecule has 0 radical (unpaired) electrons. The normalized spacial score (nSPS) is 16.5. The van der Waals surface area contributed by atoms with E-state index in [2.05, 4.69) is 28.5 Å². The lowest BCUT2D eigenvalue weighted by Crippen LogP contribution is -2.38. The molecule has 1 fully saturated rings. The van der Waals surface area contributed by atoms with Gasteiger partial charge in [0.05, 0.1) is 26.4 Å². The van der Waals surface area contributed by atoms with Crippen molar-refractivity contribution in [1.29, 1.82) is 0 Å². The van der Waals surface area contributed by atoms with Gasteiger partial charge in [0, 0.05) is 48.6 Å². The van der Waals surface area contributed by atoms with Crippen LogP contribution >= 0.6 is 11.3 Å². The van der Waals surface area contributed by atoms with Crippen molar-refractivity contribution in [3.8, 4) is 5.75 Å². The van der Waals surface area contributed by atoms with Crippen LogP contribution in [0.4, 0.5) is 0 Å². The molecule has 0 amide bonds. The van der Waals surface area contributed by atoms with E-state index >= 15 is 0 Å². The second-order valence-corrected chi connectivity index (χ2v) is 8.47. The van der Waals surface area contributed by atoms with Gasteiger partial charge >= 0.3 is 0 Å². The molecule has 3 heterocycles. The van der Waals surface area contributed by atoms with E-state index in [1.165, 1.54) is 20.8 Å². The predicted molar refractivity (Wildman–Crippen MR) is 113 cm³/mol. The first-order chi connectivity index (χ1) is 13.6. The third kappa shape index (κ3) is 4.25. The molecule has 1 saturated heterocycles. The van der Waals surface area contributed by atoms with Crippen LogP contribution in [-0.2, 0) is 17.7 Å². The molecule has 4 rings (SSSR count). The molecule has 150 valence electrons. The Hall–Kier alpha value is -1.86. The number of aryl methyl sites for hydroxylation is 1. The maximum atomic E-state index is 10.6. The van der Waals surface area contributed by atoms with Gasteiger partial charge in [0.2, 0.25) is 0 Å². The minimum Gasteiger partial charge on any atom is -0.497 e. The highest BCUT2D eigenvalue weighted by Crippen LogP contribution is 2.32. The molecule has 1 N–H and O–H groups in total. The fourth-order valence-corrected chi connectivity index (χ4v) is 5.06. The Morgan fingerprint density at radius 3 is 2.61 bits per heavy atom. The van der Waals surface area contributed by atoms with Gasteiger partial charge in [-0.25, -0.2) is 0 Å². The predicted octanol–water partition coefficient (Wildman–Crippen LogP) is 3.63. The first-order valence-electron chi connectivity index (χ1n) is 9.84. The van der Waals surface area contributed by atoms with Gasteiger partial charge in [-0.15, -0.1) is 11.3 Å². The Kier molecular flexibility index (Phi) is 6.01. The third-order valence-electron chi connectivity index (χ3n) is 5.47. The van der Waals surface area contributed by atoms with Crippen molar-refractivity contribution in [2.45, 2.75) is 26.0 Å². The zero-order chi connectivity index (χ0) is 19.5. The molecule has 3 aromatic rings. The number of methoxy groups -OCH3 is 1. The summed E-state index contributed by atoms with van der Waals surface area (Å²) in [5.74, 6) is 0.808. The van der Waals surface area contributed by atoms with E-state index in [4.69, 9.17) is 9.47 Å². The van der Waals surface area contributed by atoms with Crippen molar-refractivity contribution in [1.82, 2.24) is 9.47 Å². The molecule has 6 heteroatoms. The first-order valence-corrected chi connectivity index (χ1v) is 10.7. The van der Waals surface area contributed by atoms with E-state index in [1.807, 2.05) is 24.3 Å². The molecule has 1 atom stereocenters. The number of hydrogen-bond acceptors (Lipinski definition) is 5. The maximum absolute atomic E-state index is 10.6. The summed E-state index contributed by atoms with van der Waals surface area (Å²) in [6.45, 7) is 7.95. The molecule has 0 spiro atoms. The summed E-state index contributed by atoms with van der Waals surface area (Å²) in [6, 6.07) is 12.1. The van der Waals surface area contributed by atoms with E-state index in [0.29, 0.717) is 6.42 Å². The van der Waals surface area contributed by atoms with Crippen molar-refractivity contribution in [2.75, 3.05) is 40.0 Å². The number of thiophene rings is 1. The average molecular weight is 401 g/mol. The summed E-state index contributed by atoms with van der Waals surface area (Å²) in [4.78, 5) is 4.99. The molecule has 1 unspecified atom stereocenters. The summed E-state index contributed by atoms with van der Waals surface area (Å²) in [6.07, 6.45) is 0.130. The van der Waals surface area contributed by atoms with E-state index in [9.17, 15) is 5.11 Å². The van der Waals surface area contributed by atoms with Crippen LogP contribution in [0, 0.1) is 6.92 Å². The number of nitrogens with zero attached hydrogens (tertiary/aromatic N) is 2. The van der Waals surface area contributed by atoms with Gasteiger partial charge in [0.1, 0.15) is 10.6 Å². The quantitative estimate of drug-likeness (QED) is 0.658. The zero-order valence-electron chi connectivity index (χ0n) is 16.6. The number of fused-ring (bicyclic) bond motifs is 1. The summed E-state index contributed by atoms with van der Waals surface area (Å²) in [5.41, 5.74) is 2.22. The Bertz CT molecular complexity index is 910. The fraction of sp³-hybridized carbons (Fsp3) is 0.455. The standard InChI is InChI=1S/C22H28N2O3S/c1-16-13-18-14-20(15-21(25)17-3-5-19(26-2)6-4-17)28-22(18)24(16)8-7-23-9-11-27-12-10-23/h3-6,13-14,21,25H,7-12,15H2,1-2H3. The lowest BCUT2D eigenvalue weighted by atomic mass is 10.1. The number of hydrogen-bond donors (Lipinski definition) is 1. The van der Waals surface area contributed by atoms with Gasteiger partial charge in [-0.3, -0.25) is 4.90 Å². The molecule has 28 heavy (non-hydrogen) atoms. The smallest absolute Gasteiger partial charge is 0.118 e. The topological polar surface area (TPSA) is 46.9 Å². The van der Waals surface area contributed by atoms with Crippen molar-refractivity contribution in [3.63, 3.8) is 0 Å². The van der Waals surface area contributed by atoms with Crippen LogP contribution in [0.5, 0.6) is 5.75 Å². The largest absolute Gasteiger partial charge is 0.497 e. The van der Waals surface area contributed by atoms with Gasteiger partial charge in [0.15, 0.2) is 0 Å². The molecule has 1 aromatic carbocycles. The SMILES string of the molecule is COc1ccc(C(O)Cc2cc3cc(C)n(CCN4CCOCC4)c3s2)cc1. The highest BCUT2D eigenvalue weighted by molar-refractivity contribution is 7.18. The van der Waals surface area contributed by atoms with E-state index in [1.54, 1.807) is 18.4 Å². The van der Waals surface area contributed by atoms with Crippen LogP contribution in [0.1, 0.15) is 22.2 Å². The van der Waals surface area contributed by atoms with Crippen molar-refractivity contribution in [3.05, 3.63) is 52.5 Å². The number of aliphatic hydroxyl groups excluding tert-OH is 1. The minimum absolute atomic E-state index is 0.503. The summed E-state index contributed by atoms with van der Waals surface area (Å²) < 4.78 is 13.1. The number of rotatable bonds is 7. The molecule has 5 nitrogen and oxygen atoms in total. The molecule has 2 aromatic heterocycles. The number of ether oxygens (including phenoxy) is 2. The number of aromatic nitrogens is 1. The molecule has 0 aliphatic carbocycles. The van der Waals surface area contributed by atoms with Crippen molar-refractivity contribution < 1.29 is 14.6 Å². The Morgan fingerprint density at radius 1 is 1.14 bits per heavy atom. The molecular formula is C22H28N2O3S. The molecule has 1 aliphatic rings. The van der Waals surface area contributed by atoms with Crippen LogP contribution in [0.3, 0.4) is 0 Å². The van der Waals surface area contributed by atoms with Crippen molar-refractivity contribution in [2.24, 2.45) is 0 Å². The van der Waals surface area contributed by atoms with Crippen LogP contribution in [0.2, 0.25) is 0 Å². The van der Waals surface area contributed by atoms with Crippen LogP contribution in [0.25, 0.3) is 10.2 Å². The number of morpholine rings is 1. The summed E-state index contributed by atoms with van der Waals surface area (Å²) >= 11 is 1.80. The van der Waals surface area contributed by atoms with Crippen LogP contribution in [-0.4, -0.2) is 54.5 Å². The Labute approximate surface area is 170 Å². The van der Waals surface area contributed by atoms with Gasteiger partial charge < -0.3 is 19.1 Å². The minimum atomic E-state index is -0.503. The van der Waals surface area contributed by atoms with E-state index in [0.717, 1.165) is 50.7 Å². The lowest BCUT2D eigenvalue weighted by molar-refractivity contribution is 0.0365. The van der Waals surface area contributed by atoms with Gasteiger partial charge in [0.25, 0.3) is 0 Å². The summed E-state index contributed by atoms with van der Waals surface area (Å²) in [5, 5.41) is 11.9. The molecule has 0 saturated carbocycles. The fourth-order valence-electron chi connectivity index (χ4n) is 3.80. The Balaban J connectivity index is 1.45. The van der Waals surface area contributed by atoms with Crippen molar-refractivity contribution >= 4 is 21.6 Å². The second kappa shape index (κ2) is 8.66. The maximum Gasteiger partial charge on any atom is 0.118 e. The monoisotopic (exact) mass is 400 g/mol. The lowest BCUT2D eigenvalue weighted by Gasteiger charge is -2.26. The van der Waals surface area contributed by atoms with E-state index < -0.39 is 6.10 Å². The van der Waals surface area contributed by atoms with Gasteiger partial charge in [-0.1, -0.05) is 12.1 Å².